The van der Waals surface area contributed by atoms with E-state index in [2.05, 4.69) is 10.3 Å². The van der Waals surface area contributed by atoms with Gasteiger partial charge in [-0.05, 0) is 17.7 Å². The van der Waals surface area contributed by atoms with Gasteiger partial charge < -0.3 is 19.4 Å². The van der Waals surface area contributed by atoms with Gasteiger partial charge in [0.2, 0.25) is 5.91 Å². The van der Waals surface area contributed by atoms with Crippen molar-refractivity contribution in [2.75, 3.05) is 26.9 Å². The van der Waals surface area contributed by atoms with Gasteiger partial charge in [0.15, 0.2) is 0 Å². The van der Waals surface area contributed by atoms with Crippen molar-refractivity contribution in [2.45, 2.75) is 6.04 Å². The lowest BCUT2D eigenvalue weighted by molar-refractivity contribution is -0.126. The number of rotatable bonds is 8. The summed E-state index contributed by atoms with van der Waals surface area (Å²) in [6.07, 6.45) is 3.53. The molecule has 0 aliphatic carbocycles. The smallest absolute Gasteiger partial charge is 0.246 e. The molecule has 1 heterocycles. The van der Waals surface area contributed by atoms with Gasteiger partial charge in [0.25, 0.3) is 0 Å². The monoisotopic (exact) mass is 337 g/mol. The number of hydrogen-bond acceptors (Lipinski definition) is 4. The normalized spacial score (nSPS) is 12.1. The number of nitrogens with zero attached hydrogens (tertiary/aromatic N) is 2. The van der Waals surface area contributed by atoms with E-state index in [1.807, 2.05) is 29.9 Å². The number of carbonyl (C=O) groups is 1. The van der Waals surface area contributed by atoms with Crippen molar-refractivity contribution in [1.82, 2.24) is 14.9 Å². The summed E-state index contributed by atoms with van der Waals surface area (Å²) in [6.45, 7) is 0.795. The molecule has 6 nitrogen and oxygen atoms in total. The molecule has 2 rings (SSSR count). The molecule has 7 heteroatoms. The molecule has 1 aromatic heterocycles. The van der Waals surface area contributed by atoms with Gasteiger partial charge >= 0.3 is 0 Å². The summed E-state index contributed by atoms with van der Waals surface area (Å²) < 4.78 is 12.0. The van der Waals surface area contributed by atoms with Crippen LogP contribution in [0.3, 0.4) is 0 Å². The molecule has 2 aromatic rings. The molecule has 0 unspecified atom stereocenters. The van der Waals surface area contributed by atoms with Crippen LogP contribution < -0.4 is 5.32 Å². The number of amides is 1. The maximum Gasteiger partial charge on any atom is 0.246 e. The van der Waals surface area contributed by atoms with Crippen LogP contribution in [-0.2, 0) is 21.3 Å². The van der Waals surface area contributed by atoms with Gasteiger partial charge in [-0.3, -0.25) is 4.79 Å². The van der Waals surface area contributed by atoms with Crippen molar-refractivity contribution in [1.29, 1.82) is 0 Å². The second-order valence-corrected chi connectivity index (χ2v) is 5.43. The number of aromatic nitrogens is 2. The van der Waals surface area contributed by atoms with Crippen LogP contribution in [0.15, 0.2) is 36.7 Å². The minimum absolute atomic E-state index is 0.0299. The molecule has 0 aliphatic heterocycles. The first-order valence-corrected chi connectivity index (χ1v) is 7.58. The maximum absolute atomic E-state index is 12.1. The molecule has 0 spiro atoms. The number of ether oxygens (including phenoxy) is 2. The molecular formula is C16H20ClN3O3. The van der Waals surface area contributed by atoms with E-state index in [9.17, 15) is 4.79 Å². The van der Waals surface area contributed by atoms with E-state index in [4.69, 9.17) is 21.1 Å². The molecule has 0 bridgehead atoms. The van der Waals surface area contributed by atoms with Gasteiger partial charge in [0.05, 0.1) is 13.2 Å². The van der Waals surface area contributed by atoms with Crippen molar-refractivity contribution in [2.24, 2.45) is 7.05 Å². The third-order valence-corrected chi connectivity index (χ3v) is 3.54. The summed E-state index contributed by atoms with van der Waals surface area (Å²) in [7, 11) is 3.47. The second-order valence-electron chi connectivity index (χ2n) is 4.99. The van der Waals surface area contributed by atoms with Gasteiger partial charge in [0, 0.05) is 31.6 Å². The van der Waals surface area contributed by atoms with Crippen LogP contribution in [0.4, 0.5) is 0 Å². The molecule has 0 saturated carbocycles. The molecule has 0 fully saturated rings. The molecule has 1 atom stereocenters. The topological polar surface area (TPSA) is 65.4 Å². The van der Waals surface area contributed by atoms with Gasteiger partial charge in [-0.1, -0.05) is 23.7 Å². The summed E-state index contributed by atoms with van der Waals surface area (Å²) >= 11 is 5.94. The molecule has 1 N–H and O–H groups in total. The molecule has 0 radical (unpaired) electrons. The fraction of sp³-hybridized carbons (Fsp3) is 0.375. The Morgan fingerprint density at radius 3 is 2.70 bits per heavy atom. The highest BCUT2D eigenvalue weighted by Gasteiger charge is 2.20. The summed E-state index contributed by atoms with van der Waals surface area (Å²) in [5, 5.41) is 3.58. The van der Waals surface area contributed by atoms with Crippen LogP contribution in [-0.4, -0.2) is 42.4 Å². The van der Waals surface area contributed by atoms with Crippen LogP contribution in [0.1, 0.15) is 17.4 Å². The van der Waals surface area contributed by atoms with Gasteiger partial charge in [-0.25, -0.2) is 4.98 Å². The molecule has 23 heavy (non-hydrogen) atoms. The largest absolute Gasteiger partial charge is 0.382 e. The third kappa shape index (κ3) is 5.06. The van der Waals surface area contributed by atoms with Crippen molar-refractivity contribution in [3.05, 3.63) is 53.1 Å². The number of benzene rings is 1. The number of aryl methyl sites for hydroxylation is 1. The van der Waals surface area contributed by atoms with E-state index in [1.165, 1.54) is 0 Å². The Balaban J connectivity index is 2.10. The molecule has 0 aliphatic rings. The molecule has 124 valence electrons. The van der Waals surface area contributed by atoms with Crippen molar-refractivity contribution >= 4 is 17.5 Å². The summed E-state index contributed by atoms with van der Waals surface area (Å²) in [4.78, 5) is 16.5. The fourth-order valence-corrected chi connectivity index (χ4v) is 2.24. The van der Waals surface area contributed by atoms with Crippen LogP contribution in [0, 0.1) is 0 Å². The van der Waals surface area contributed by atoms with Crippen LogP contribution in [0.25, 0.3) is 0 Å². The van der Waals surface area contributed by atoms with Crippen LogP contribution >= 0.6 is 11.6 Å². The zero-order chi connectivity index (χ0) is 16.7. The first-order valence-electron chi connectivity index (χ1n) is 7.20. The Morgan fingerprint density at radius 2 is 2.09 bits per heavy atom. The average molecular weight is 338 g/mol. The zero-order valence-corrected chi connectivity index (χ0v) is 13.9. The first kappa shape index (κ1) is 17.5. The maximum atomic E-state index is 12.1. The molecular weight excluding hydrogens is 318 g/mol. The van der Waals surface area contributed by atoms with E-state index in [0.29, 0.717) is 18.2 Å². The number of methoxy groups -OCH3 is 1. The average Bonchev–Trinajstić information content (AvgIpc) is 2.96. The highest BCUT2D eigenvalue weighted by atomic mass is 35.5. The van der Waals surface area contributed by atoms with Crippen molar-refractivity contribution in [3.8, 4) is 0 Å². The molecule has 0 saturated heterocycles. The third-order valence-electron chi connectivity index (χ3n) is 3.29. The Hall–Kier alpha value is -1.89. The van der Waals surface area contributed by atoms with Crippen molar-refractivity contribution in [3.63, 3.8) is 0 Å². The number of hydrogen-bond donors (Lipinski definition) is 1. The highest BCUT2D eigenvalue weighted by Crippen LogP contribution is 2.22. The van der Waals surface area contributed by atoms with Gasteiger partial charge in [0.1, 0.15) is 18.5 Å². The lowest BCUT2D eigenvalue weighted by Crippen LogP contribution is -2.34. The Kier molecular flexibility index (Phi) is 6.58. The van der Waals surface area contributed by atoms with E-state index in [1.54, 1.807) is 25.4 Å². The SMILES string of the molecule is COCCOCC(=O)N[C@H](c1ccc(Cl)cc1)c1nccn1C. The van der Waals surface area contributed by atoms with Crippen LogP contribution in [0.2, 0.25) is 5.02 Å². The van der Waals surface area contributed by atoms with Crippen LogP contribution in [0.5, 0.6) is 0 Å². The predicted octanol–water partition coefficient (Wildman–Crippen LogP) is 1.94. The number of imidazole rings is 1. The van der Waals surface area contributed by atoms with E-state index in [-0.39, 0.29) is 18.6 Å². The molecule has 1 amide bonds. The number of halogens is 1. The summed E-state index contributed by atoms with van der Waals surface area (Å²) in [5.74, 6) is 0.515. The lowest BCUT2D eigenvalue weighted by atomic mass is 10.1. The highest BCUT2D eigenvalue weighted by molar-refractivity contribution is 6.30. The van der Waals surface area contributed by atoms with Gasteiger partial charge in [-0.2, -0.15) is 0 Å². The minimum Gasteiger partial charge on any atom is -0.382 e. The lowest BCUT2D eigenvalue weighted by Gasteiger charge is -2.19. The first-order chi connectivity index (χ1) is 11.1. The molecule has 1 aromatic carbocycles. The number of nitrogens with one attached hydrogen (secondary N) is 1. The van der Waals surface area contributed by atoms with E-state index >= 15 is 0 Å². The van der Waals surface area contributed by atoms with Gasteiger partial charge in [-0.15, -0.1) is 0 Å². The minimum atomic E-state index is -0.370. The number of carbonyl (C=O) groups excluding carboxylic acids is 1. The second kappa shape index (κ2) is 8.67. The fourth-order valence-electron chi connectivity index (χ4n) is 2.12. The Bertz CT molecular complexity index is 628. The predicted molar refractivity (Wildman–Crippen MR) is 87.3 cm³/mol. The summed E-state index contributed by atoms with van der Waals surface area (Å²) in [6, 6.07) is 6.94. The standard InChI is InChI=1S/C16H20ClN3O3/c1-20-8-7-18-16(20)15(12-3-5-13(17)6-4-12)19-14(21)11-23-10-9-22-2/h3-8,15H,9-11H2,1-2H3,(H,19,21)/t15-/m1/s1. The Morgan fingerprint density at radius 1 is 1.35 bits per heavy atom. The van der Waals surface area contributed by atoms with Crippen molar-refractivity contribution < 1.29 is 14.3 Å². The zero-order valence-electron chi connectivity index (χ0n) is 13.2. The van der Waals surface area contributed by atoms with E-state index < -0.39 is 0 Å². The summed E-state index contributed by atoms with van der Waals surface area (Å²) in [5.41, 5.74) is 0.897. The van der Waals surface area contributed by atoms with E-state index in [0.717, 1.165) is 11.4 Å². The quantitative estimate of drug-likeness (QED) is 0.748. The Labute approximate surface area is 140 Å².